The molecule has 0 bridgehead atoms. The number of aromatic nitrogens is 2. The van der Waals surface area contributed by atoms with Crippen LogP contribution in [0.5, 0.6) is 0 Å². The van der Waals surface area contributed by atoms with Crippen LogP contribution in [0.4, 0.5) is 5.82 Å². The van der Waals surface area contributed by atoms with Crippen molar-refractivity contribution in [2.45, 2.75) is 38.1 Å². The molecule has 0 unspecified atom stereocenters. The highest BCUT2D eigenvalue weighted by Gasteiger charge is 2.48. The number of hydrogen-bond acceptors (Lipinski definition) is 3. The third-order valence-corrected chi connectivity index (χ3v) is 4.64. The molecular formula is C15H17N3. The second kappa shape index (κ2) is 3.67. The van der Waals surface area contributed by atoms with Crippen molar-refractivity contribution < 1.29 is 0 Å². The number of rotatable bonds is 2. The minimum atomic E-state index is 0.614. The van der Waals surface area contributed by atoms with Gasteiger partial charge in [0.2, 0.25) is 0 Å². The lowest BCUT2D eigenvalue weighted by molar-refractivity contribution is 0.0191. The highest BCUT2D eigenvalue weighted by Crippen LogP contribution is 2.56. The molecule has 2 fully saturated rings. The fraction of sp³-hybridized carbons (Fsp3) is 0.467. The first kappa shape index (κ1) is 10.3. The Morgan fingerprint density at radius 1 is 1.11 bits per heavy atom. The predicted octanol–water partition coefficient (Wildman–Crippen LogP) is 3.37. The number of anilines is 1. The summed E-state index contributed by atoms with van der Waals surface area (Å²) in [5.74, 6) is 1.000. The van der Waals surface area contributed by atoms with Crippen LogP contribution in [0.3, 0.4) is 0 Å². The molecule has 2 aromatic rings. The van der Waals surface area contributed by atoms with Crippen molar-refractivity contribution in [1.29, 1.82) is 0 Å². The van der Waals surface area contributed by atoms with Gasteiger partial charge in [-0.15, -0.1) is 0 Å². The largest absolute Gasteiger partial charge is 0.367 e. The third-order valence-electron chi connectivity index (χ3n) is 4.64. The van der Waals surface area contributed by atoms with Gasteiger partial charge in [-0.2, -0.15) is 0 Å². The number of fused-ring (bicyclic) bond motifs is 1. The van der Waals surface area contributed by atoms with Crippen molar-refractivity contribution in [1.82, 2.24) is 9.97 Å². The number of pyridine rings is 2. The standard InChI is InChI=1S/C15H17N3/c1-3-12-13(16-7-1)4-8-17-14(12)18-11-9-15(10-11)5-2-6-15/h1,3-4,7-8,11H,2,5-6,9-10H2,(H,17,18). The average Bonchev–Trinajstić information content (AvgIpc) is 2.31. The van der Waals surface area contributed by atoms with Gasteiger partial charge in [0.1, 0.15) is 5.82 Å². The molecule has 0 aliphatic heterocycles. The van der Waals surface area contributed by atoms with Crippen molar-refractivity contribution in [3.05, 3.63) is 30.6 Å². The molecule has 0 radical (unpaired) electrons. The van der Waals surface area contributed by atoms with E-state index in [1.54, 1.807) is 0 Å². The summed E-state index contributed by atoms with van der Waals surface area (Å²) in [7, 11) is 0. The molecule has 2 aliphatic carbocycles. The van der Waals surface area contributed by atoms with Crippen LogP contribution in [0, 0.1) is 5.41 Å². The van der Waals surface area contributed by atoms with Crippen molar-refractivity contribution in [2.75, 3.05) is 5.32 Å². The predicted molar refractivity (Wildman–Crippen MR) is 72.5 cm³/mol. The Kier molecular flexibility index (Phi) is 2.10. The molecule has 3 heteroatoms. The first-order chi connectivity index (χ1) is 8.85. The summed E-state index contributed by atoms with van der Waals surface area (Å²) in [4.78, 5) is 8.84. The van der Waals surface area contributed by atoms with E-state index >= 15 is 0 Å². The van der Waals surface area contributed by atoms with Gasteiger partial charge < -0.3 is 5.32 Å². The summed E-state index contributed by atoms with van der Waals surface area (Å²) in [6.07, 6.45) is 10.6. The Labute approximate surface area is 107 Å². The van der Waals surface area contributed by atoms with Crippen LogP contribution in [-0.2, 0) is 0 Å². The van der Waals surface area contributed by atoms with Gasteiger partial charge in [-0.05, 0) is 49.3 Å². The van der Waals surface area contributed by atoms with E-state index in [0.717, 1.165) is 16.7 Å². The highest BCUT2D eigenvalue weighted by atomic mass is 15.0. The zero-order chi connectivity index (χ0) is 12.0. The number of nitrogens with one attached hydrogen (secondary N) is 1. The van der Waals surface area contributed by atoms with Gasteiger partial charge in [-0.3, -0.25) is 4.98 Å². The van der Waals surface area contributed by atoms with Crippen LogP contribution in [0.1, 0.15) is 32.1 Å². The van der Waals surface area contributed by atoms with E-state index in [1.807, 2.05) is 24.5 Å². The van der Waals surface area contributed by atoms with Gasteiger partial charge in [0.25, 0.3) is 0 Å². The minimum Gasteiger partial charge on any atom is -0.367 e. The van der Waals surface area contributed by atoms with Crippen LogP contribution in [0.2, 0.25) is 0 Å². The fourth-order valence-corrected chi connectivity index (χ4v) is 3.48. The zero-order valence-electron chi connectivity index (χ0n) is 10.4. The maximum Gasteiger partial charge on any atom is 0.135 e. The van der Waals surface area contributed by atoms with Gasteiger partial charge in [0, 0.05) is 23.8 Å². The van der Waals surface area contributed by atoms with Crippen LogP contribution in [-0.4, -0.2) is 16.0 Å². The molecule has 0 atom stereocenters. The zero-order valence-corrected chi connectivity index (χ0v) is 10.4. The summed E-state index contributed by atoms with van der Waals surface area (Å²) in [6, 6.07) is 6.65. The first-order valence-electron chi connectivity index (χ1n) is 6.81. The second-order valence-corrected chi connectivity index (χ2v) is 5.83. The van der Waals surface area contributed by atoms with E-state index in [-0.39, 0.29) is 0 Å². The number of hydrogen-bond donors (Lipinski definition) is 1. The molecule has 18 heavy (non-hydrogen) atoms. The van der Waals surface area contributed by atoms with E-state index in [1.165, 1.54) is 32.1 Å². The SMILES string of the molecule is c1cnc2ccnc(NC3CC4(CCC4)C3)c2c1. The van der Waals surface area contributed by atoms with E-state index in [2.05, 4.69) is 21.4 Å². The summed E-state index contributed by atoms with van der Waals surface area (Å²) < 4.78 is 0. The molecule has 1 N–H and O–H groups in total. The maximum absolute atomic E-state index is 4.47. The van der Waals surface area contributed by atoms with Crippen molar-refractivity contribution in [3.8, 4) is 0 Å². The van der Waals surface area contributed by atoms with E-state index in [9.17, 15) is 0 Å². The Bertz CT molecular complexity index is 576. The van der Waals surface area contributed by atoms with Crippen molar-refractivity contribution in [2.24, 2.45) is 5.41 Å². The first-order valence-corrected chi connectivity index (χ1v) is 6.81. The van der Waals surface area contributed by atoms with Crippen LogP contribution >= 0.6 is 0 Å². The lowest BCUT2D eigenvalue weighted by Crippen LogP contribution is -2.49. The molecule has 2 heterocycles. The molecule has 0 aromatic carbocycles. The average molecular weight is 239 g/mol. The minimum absolute atomic E-state index is 0.614. The Hall–Kier alpha value is -1.64. The summed E-state index contributed by atoms with van der Waals surface area (Å²) in [5.41, 5.74) is 1.73. The maximum atomic E-state index is 4.47. The topological polar surface area (TPSA) is 37.8 Å². The quantitative estimate of drug-likeness (QED) is 0.873. The normalized spacial score (nSPS) is 21.6. The fourth-order valence-electron chi connectivity index (χ4n) is 3.48. The summed E-state index contributed by atoms with van der Waals surface area (Å²) in [5, 5.41) is 4.73. The summed E-state index contributed by atoms with van der Waals surface area (Å²) >= 11 is 0. The van der Waals surface area contributed by atoms with Crippen LogP contribution in [0.25, 0.3) is 10.9 Å². The highest BCUT2D eigenvalue weighted by molar-refractivity contribution is 5.88. The summed E-state index contributed by atoms with van der Waals surface area (Å²) in [6.45, 7) is 0. The molecule has 2 aliphatic rings. The van der Waals surface area contributed by atoms with Gasteiger partial charge in [0.05, 0.1) is 5.52 Å². The van der Waals surface area contributed by atoms with Gasteiger partial charge >= 0.3 is 0 Å². The second-order valence-electron chi connectivity index (χ2n) is 5.83. The van der Waals surface area contributed by atoms with Crippen molar-refractivity contribution in [3.63, 3.8) is 0 Å². The monoisotopic (exact) mass is 239 g/mol. The molecule has 2 saturated carbocycles. The molecule has 0 saturated heterocycles. The van der Waals surface area contributed by atoms with Crippen molar-refractivity contribution >= 4 is 16.7 Å². The molecule has 4 rings (SSSR count). The van der Waals surface area contributed by atoms with E-state index in [0.29, 0.717) is 11.5 Å². The van der Waals surface area contributed by atoms with Crippen LogP contribution in [0.15, 0.2) is 30.6 Å². The molecular weight excluding hydrogens is 222 g/mol. The van der Waals surface area contributed by atoms with E-state index in [4.69, 9.17) is 0 Å². The number of nitrogens with zero attached hydrogens (tertiary/aromatic N) is 2. The van der Waals surface area contributed by atoms with Crippen LogP contribution < -0.4 is 5.32 Å². The lowest BCUT2D eigenvalue weighted by Gasteiger charge is -2.54. The molecule has 3 nitrogen and oxygen atoms in total. The molecule has 1 spiro atoms. The van der Waals surface area contributed by atoms with Gasteiger partial charge in [-0.1, -0.05) is 6.42 Å². The van der Waals surface area contributed by atoms with Gasteiger partial charge in [-0.25, -0.2) is 4.98 Å². The smallest absolute Gasteiger partial charge is 0.135 e. The molecule has 92 valence electrons. The third kappa shape index (κ3) is 1.50. The Balaban J connectivity index is 1.56. The Morgan fingerprint density at radius 2 is 2.00 bits per heavy atom. The van der Waals surface area contributed by atoms with Gasteiger partial charge in [0.15, 0.2) is 0 Å². The molecule has 0 amide bonds. The molecule has 2 aromatic heterocycles. The van der Waals surface area contributed by atoms with E-state index < -0.39 is 0 Å². The lowest BCUT2D eigenvalue weighted by atomic mass is 9.54. The Morgan fingerprint density at radius 3 is 2.78 bits per heavy atom.